The predicted octanol–water partition coefficient (Wildman–Crippen LogP) is 7.72. The van der Waals surface area contributed by atoms with Crippen molar-refractivity contribution in [1.82, 2.24) is 14.5 Å². The molecule has 0 aliphatic heterocycles. The van der Waals surface area contributed by atoms with Crippen molar-refractivity contribution in [3.8, 4) is 34.2 Å². The number of oxazole rings is 1. The van der Waals surface area contributed by atoms with E-state index < -0.39 is 0 Å². The second kappa shape index (κ2) is 9.02. The Kier molecular flexibility index (Phi) is 5.57. The van der Waals surface area contributed by atoms with Gasteiger partial charge in [0.1, 0.15) is 12.1 Å². The third-order valence-corrected chi connectivity index (χ3v) is 6.97. The normalized spacial score (nSPS) is 14.5. The van der Waals surface area contributed by atoms with E-state index in [-0.39, 0.29) is 5.78 Å². The summed E-state index contributed by atoms with van der Waals surface area (Å²) in [4.78, 5) is 21.5. The number of carbonyl (C=O) groups is 1. The first-order chi connectivity index (χ1) is 17.2. The van der Waals surface area contributed by atoms with Crippen LogP contribution in [0.3, 0.4) is 0 Å². The highest BCUT2D eigenvalue weighted by Crippen LogP contribution is 2.37. The van der Waals surface area contributed by atoms with Gasteiger partial charge in [-0.05, 0) is 37.1 Å². The van der Waals surface area contributed by atoms with Gasteiger partial charge in [0.15, 0.2) is 11.5 Å². The molecule has 1 saturated carbocycles. The van der Waals surface area contributed by atoms with Gasteiger partial charge in [-0.15, -0.1) is 0 Å². The molecule has 6 nitrogen and oxygen atoms in total. The molecule has 3 heterocycles. The Hall–Kier alpha value is -3.93. The van der Waals surface area contributed by atoms with Crippen molar-refractivity contribution in [2.45, 2.75) is 51.5 Å². The van der Waals surface area contributed by atoms with Crippen molar-refractivity contribution in [3.05, 3.63) is 72.8 Å². The molecule has 0 radical (unpaired) electrons. The molecule has 6 heteroatoms. The Morgan fingerprint density at radius 1 is 1.00 bits per heavy atom. The topological polar surface area (TPSA) is 74.1 Å². The van der Waals surface area contributed by atoms with Crippen molar-refractivity contribution in [2.24, 2.45) is 0 Å². The van der Waals surface area contributed by atoms with Gasteiger partial charge in [0.05, 0.1) is 29.1 Å². The minimum Gasteiger partial charge on any atom is -0.472 e. The highest BCUT2D eigenvalue weighted by atomic mass is 16.4. The minimum absolute atomic E-state index is 0.130. The summed E-state index contributed by atoms with van der Waals surface area (Å²) in [7, 11) is 0. The van der Waals surface area contributed by atoms with Crippen molar-refractivity contribution >= 4 is 16.8 Å². The Morgan fingerprint density at radius 2 is 1.80 bits per heavy atom. The van der Waals surface area contributed by atoms with Crippen LogP contribution in [0.4, 0.5) is 0 Å². The summed E-state index contributed by atoms with van der Waals surface area (Å²) in [5.74, 6) is 2.30. The molecule has 176 valence electrons. The van der Waals surface area contributed by atoms with Crippen LogP contribution in [0, 0.1) is 0 Å². The van der Waals surface area contributed by atoms with E-state index in [1.165, 1.54) is 32.1 Å². The molecule has 1 aliphatic carbocycles. The molecule has 35 heavy (non-hydrogen) atoms. The number of hydrogen-bond acceptors (Lipinski definition) is 5. The van der Waals surface area contributed by atoms with E-state index >= 15 is 0 Å². The summed E-state index contributed by atoms with van der Waals surface area (Å²) in [6.07, 6.45) is 11.8. The fourth-order valence-corrected chi connectivity index (χ4v) is 5.10. The number of aromatic nitrogens is 3. The van der Waals surface area contributed by atoms with Crippen LogP contribution in [-0.2, 0) is 0 Å². The standard InChI is InChI=1S/C29H27N3O3/c1-2-26(33)19-8-10-20(11-9-19)27-17-30-29(35-27)21-12-13-25-24(16-21)31-28(22-14-15-34-18-22)32(25)23-6-4-3-5-7-23/h8-18,23H,2-7H2,1H3. The van der Waals surface area contributed by atoms with Crippen LogP contribution in [0.15, 0.2) is 76.1 Å². The Balaban J connectivity index is 1.36. The van der Waals surface area contributed by atoms with Crippen molar-refractivity contribution in [1.29, 1.82) is 0 Å². The lowest BCUT2D eigenvalue weighted by Gasteiger charge is -2.25. The maximum absolute atomic E-state index is 11.9. The summed E-state index contributed by atoms with van der Waals surface area (Å²) >= 11 is 0. The van der Waals surface area contributed by atoms with Gasteiger partial charge >= 0.3 is 0 Å². The average molecular weight is 466 g/mol. The SMILES string of the molecule is CCC(=O)c1ccc(-c2cnc(-c3ccc4c(c3)nc(-c3ccoc3)n4C3CCCCC3)o2)cc1. The monoisotopic (exact) mass is 465 g/mol. The number of rotatable bonds is 6. The van der Waals surface area contributed by atoms with Gasteiger partial charge < -0.3 is 13.4 Å². The van der Waals surface area contributed by atoms with E-state index in [1.54, 1.807) is 18.7 Å². The Bertz CT molecular complexity index is 1470. The molecule has 0 unspecified atom stereocenters. The third-order valence-electron chi connectivity index (χ3n) is 6.97. The van der Waals surface area contributed by atoms with Gasteiger partial charge in [-0.3, -0.25) is 4.79 Å². The molecule has 0 spiro atoms. The van der Waals surface area contributed by atoms with E-state index in [0.717, 1.165) is 33.5 Å². The molecule has 0 bridgehead atoms. The minimum atomic E-state index is 0.130. The fourth-order valence-electron chi connectivity index (χ4n) is 5.10. The lowest BCUT2D eigenvalue weighted by atomic mass is 9.95. The number of furan rings is 1. The first-order valence-electron chi connectivity index (χ1n) is 12.4. The van der Waals surface area contributed by atoms with Crippen LogP contribution in [0.25, 0.3) is 45.2 Å². The lowest BCUT2D eigenvalue weighted by Crippen LogP contribution is -2.13. The summed E-state index contributed by atoms with van der Waals surface area (Å²) in [6, 6.07) is 16.1. The van der Waals surface area contributed by atoms with Gasteiger partial charge in [0.2, 0.25) is 5.89 Å². The number of imidazole rings is 1. The zero-order chi connectivity index (χ0) is 23.8. The zero-order valence-corrected chi connectivity index (χ0v) is 19.7. The van der Waals surface area contributed by atoms with Crippen LogP contribution in [-0.4, -0.2) is 20.3 Å². The average Bonchev–Trinajstić information content (AvgIpc) is 3.68. The van der Waals surface area contributed by atoms with Crippen molar-refractivity contribution < 1.29 is 13.6 Å². The molecule has 6 rings (SSSR count). The van der Waals surface area contributed by atoms with E-state index in [2.05, 4.69) is 27.8 Å². The summed E-state index contributed by atoms with van der Waals surface area (Å²) in [6.45, 7) is 1.87. The molecule has 1 aliphatic rings. The Labute approximate surface area is 203 Å². The van der Waals surface area contributed by atoms with Crippen LogP contribution < -0.4 is 0 Å². The number of fused-ring (bicyclic) bond motifs is 1. The highest BCUT2D eigenvalue weighted by Gasteiger charge is 2.23. The van der Waals surface area contributed by atoms with Crippen molar-refractivity contribution in [2.75, 3.05) is 0 Å². The molecular weight excluding hydrogens is 438 g/mol. The maximum Gasteiger partial charge on any atom is 0.226 e. The third kappa shape index (κ3) is 3.99. The number of carbonyl (C=O) groups excluding carboxylic acids is 1. The molecule has 3 aromatic heterocycles. The van der Waals surface area contributed by atoms with Gasteiger partial charge in [0.25, 0.3) is 0 Å². The molecule has 5 aromatic rings. The highest BCUT2D eigenvalue weighted by molar-refractivity contribution is 5.96. The van der Waals surface area contributed by atoms with E-state index in [4.69, 9.17) is 13.8 Å². The van der Waals surface area contributed by atoms with Crippen LogP contribution in [0.1, 0.15) is 61.8 Å². The number of hydrogen-bond donors (Lipinski definition) is 0. The second-order valence-electron chi connectivity index (χ2n) is 9.20. The second-order valence-corrected chi connectivity index (χ2v) is 9.20. The van der Waals surface area contributed by atoms with E-state index in [9.17, 15) is 4.79 Å². The number of ketones is 1. The van der Waals surface area contributed by atoms with Crippen LogP contribution in [0.5, 0.6) is 0 Å². The molecular formula is C29H27N3O3. The first kappa shape index (κ1) is 21.6. The summed E-state index contributed by atoms with van der Waals surface area (Å²) in [5.41, 5.74) is 5.53. The molecule has 0 N–H and O–H groups in total. The maximum atomic E-state index is 11.9. The molecule has 1 fully saturated rings. The summed E-state index contributed by atoms with van der Waals surface area (Å²) in [5, 5.41) is 0. The van der Waals surface area contributed by atoms with Crippen LogP contribution in [0.2, 0.25) is 0 Å². The van der Waals surface area contributed by atoms with Crippen molar-refractivity contribution in [3.63, 3.8) is 0 Å². The van der Waals surface area contributed by atoms with Gasteiger partial charge in [0, 0.05) is 29.2 Å². The van der Waals surface area contributed by atoms with Gasteiger partial charge in [-0.1, -0.05) is 50.5 Å². The van der Waals surface area contributed by atoms with Gasteiger partial charge in [-0.25, -0.2) is 9.97 Å². The zero-order valence-electron chi connectivity index (χ0n) is 19.7. The summed E-state index contributed by atoms with van der Waals surface area (Å²) < 4.78 is 13.9. The number of Topliss-reactive ketones (excluding diaryl/α,β-unsaturated/α-hetero) is 1. The fraction of sp³-hybridized carbons (Fsp3) is 0.276. The number of benzene rings is 2. The molecule has 2 aromatic carbocycles. The first-order valence-corrected chi connectivity index (χ1v) is 12.4. The van der Waals surface area contributed by atoms with E-state index in [1.807, 2.05) is 37.3 Å². The van der Waals surface area contributed by atoms with E-state index in [0.29, 0.717) is 29.7 Å². The smallest absolute Gasteiger partial charge is 0.226 e. The molecule has 0 atom stereocenters. The van der Waals surface area contributed by atoms with Gasteiger partial charge in [-0.2, -0.15) is 0 Å². The predicted molar refractivity (Wildman–Crippen MR) is 135 cm³/mol. The molecule has 0 saturated heterocycles. The quantitative estimate of drug-likeness (QED) is 0.240. The molecule has 0 amide bonds. The Morgan fingerprint density at radius 3 is 2.54 bits per heavy atom. The number of nitrogens with zero attached hydrogens (tertiary/aromatic N) is 3. The lowest BCUT2D eigenvalue weighted by molar-refractivity contribution is 0.0988. The van der Waals surface area contributed by atoms with Crippen LogP contribution >= 0.6 is 0 Å². The largest absolute Gasteiger partial charge is 0.472 e.